The number of rotatable bonds is 6. The number of pyridine rings is 1. The fraction of sp³-hybridized carbons (Fsp3) is 0.130. The number of carbonyl (C=O) groups is 2. The number of aliphatic carboxylic acids is 1. The summed E-state index contributed by atoms with van der Waals surface area (Å²) in [6, 6.07) is 10.9. The molecule has 0 fully saturated rings. The highest BCUT2D eigenvalue weighted by Crippen LogP contribution is 2.47. The summed E-state index contributed by atoms with van der Waals surface area (Å²) < 4.78 is 107. The molecule has 4 rings (SSSR count). The van der Waals surface area contributed by atoms with E-state index in [0.29, 0.717) is 0 Å². The molecular formula is C23H17ClF6N6O6S. The molecule has 0 spiro atoms. The van der Waals surface area contributed by atoms with Crippen molar-refractivity contribution in [3.05, 3.63) is 66.5 Å². The Bertz CT molecular complexity index is 1640. The number of aliphatic imine (C=N–C) groups is 1. The Morgan fingerprint density at radius 2 is 1.67 bits per heavy atom. The van der Waals surface area contributed by atoms with E-state index in [-0.39, 0.29) is 28.6 Å². The van der Waals surface area contributed by atoms with Crippen LogP contribution >= 0.6 is 11.8 Å². The van der Waals surface area contributed by atoms with E-state index in [0.717, 1.165) is 29.1 Å². The fourth-order valence-electron chi connectivity index (χ4n) is 3.24. The SMILES string of the molecule is CNC(=O)c1cc(Oc2cc3c(c(N(C(F)(F)F)S(=O)(=O)c4ccccc4)c2)N=CN(Cl)N3)ccn1.O=C(O)C(F)(F)F. The molecule has 1 aromatic heterocycles. The van der Waals surface area contributed by atoms with Crippen LogP contribution in [0.25, 0.3) is 0 Å². The zero-order valence-electron chi connectivity index (χ0n) is 21.2. The van der Waals surface area contributed by atoms with E-state index in [4.69, 9.17) is 26.4 Å². The van der Waals surface area contributed by atoms with E-state index in [1.165, 1.54) is 49.6 Å². The maximum Gasteiger partial charge on any atom is 0.498 e. The van der Waals surface area contributed by atoms with Gasteiger partial charge in [0.25, 0.3) is 15.9 Å². The number of hydrogen-bond acceptors (Lipinski definition) is 9. The third kappa shape index (κ3) is 7.95. The van der Waals surface area contributed by atoms with Crippen molar-refractivity contribution >= 4 is 57.1 Å². The van der Waals surface area contributed by atoms with Crippen molar-refractivity contribution in [2.24, 2.45) is 4.99 Å². The Labute approximate surface area is 243 Å². The second kappa shape index (κ2) is 12.6. The number of alkyl halides is 6. The molecule has 0 saturated carbocycles. The van der Waals surface area contributed by atoms with E-state index < -0.39 is 49.3 Å². The van der Waals surface area contributed by atoms with Gasteiger partial charge in [0.05, 0.1) is 16.3 Å². The minimum atomic E-state index is -5.38. The van der Waals surface area contributed by atoms with Gasteiger partial charge in [-0.2, -0.15) is 22.0 Å². The average Bonchev–Trinajstić information content (AvgIpc) is 2.92. The number of carbonyl (C=O) groups excluding carboxylic acids is 1. The molecule has 0 saturated heterocycles. The number of sulfonamides is 1. The Morgan fingerprint density at radius 3 is 2.23 bits per heavy atom. The van der Waals surface area contributed by atoms with Crippen LogP contribution in [0.4, 0.5) is 43.4 Å². The minimum Gasteiger partial charge on any atom is -0.475 e. The summed E-state index contributed by atoms with van der Waals surface area (Å²) in [4.78, 5) is 28.0. The summed E-state index contributed by atoms with van der Waals surface area (Å²) in [6.07, 6.45) is -8.22. The van der Waals surface area contributed by atoms with E-state index >= 15 is 0 Å². The van der Waals surface area contributed by atoms with Crippen LogP contribution in [0.15, 0.2) is 70.7 Å². The molecule has 1 aliphatic heterocycles. The van der Waals surface area contributed by atoms with Gasteiger partial charge in [-0.15, -0.1) is 13.2 Å². The summed E-state index contributed by atoms with van der Waals surface area (Å²) in [5, 5.41) is 9.51. The molecular weight excluding hydrogens is 638 g/mol. The minimum absolute atomic E-state index is 0.00795. The fourth-order valence-corrected chi connectivity index (χ4v) is 4.76. The summed E-state index contributed by atoms with van der Waals surface area (Å²) >= 11 is 5.86. The van der Waals surface area contributed by atoms with Crippen LogP contribution in [0.5, 0.6) is 11.5 Å². The predicted molar refractivity (Wildman–Crippen MR) is 139 cm³/mol. The number of aromatic nitrogens is 1. The molecule has 1 amide bonds. The molecule has 43 heavy (non-hydrogen) atoms. The quantitative estimate of drug-likeness (QED) is 0.189. The van der Waals surface area contributed by atoms with Crippen molar-refractivity contribution in [2.75, 3.05) is 16.8 Å². The van der Waals surface area contributed by atoms with Crippen molar-refractivity contribution in [3.8, 4) is 11.5 Å². The van der Waals surface area contributed by atoms with E-state index in [2.05, 4.69) is 20.7 Å². The highest BCUT2D eigenvalue weighted by atomic mass is 35.5. The zero-order valence-corrected chi connectivity index (χ0v) is 22.8. The molecule has 3 aromatic rings. The largest absolute Gasteiger partial charge is 0.498 e. The molecule has 3 N–H and O–H groups in total. The lowest BCUT2D eigenvalue weighted by Crippen LogP contribution is -2.43. The van der Waals surface area contributed by atoms with Crippen LogP contribution in [0.2, 0.25) is 0 Å². The normalized spacial score (nSPS) is 12.7. The third-order valence-electron chi connectivity index (χ3n) is 4.98. The number of anilines is 2. The van der Waals surface area contributed by atoms with Crippen molar-refractivity contribution in [1.29, 1.82) is 0 Å². The molecule has 0 atom stereocenters. The Hall–Kier alpha value is -4.78. The topological polar surface area (TPSA) is 154 Å². The smallest absolute Gasteiger partial charge is 0.475 e. The number of benzene rings is 2. The molecule has 0 aliphatic carbocycles. The number of carboxylic acids is 1. The maximum atomic E-state index is 14.3. The Kier molecular flexibility index (Phi) is 9.60. The lowest BCUT2D eigenvalue weighted by Gasteiger charge is -2.30. The maximum absolute atomic E-state index is 14.3. The number of nitrogens with one attached hydrogen (secondary N) is 2. The number of carboxylic acid groups (broad SMARTS) is 1. The number of hydrogen-bond donors (Lipinski definition) is 3. The first-order chi connectivity index (χ1) is 19.9. The van der Waals surface area contributed by atoms with Crippen molar-refractivity contribution in [3.63, 3.8) is 0 Å². The molecule has 0 unspecified atom stereocenters. The molecule has 2 heterocycles. The first-order valence-corrected chi connectivity index (χ1v) is 13.0. The van der Waals surface area contributed by atoms with Gasteiger partial charge < -0.3 is 15.2 Å². The van der Waals surface area contributed by atoms with Gasteiger partial charge >= 0.3 is 18.4 Å². The van der Waals surface area contributed by atoms with Crippen LogP contribution in [0.1, 0.15) is 10.5 Å². The molecule has 0 radical (unpaired) electrons. The molecule has 12 nitrogen and oxygen atoms in total. The second-order valence-corrected chi connectivity index (χ2v) is 10.1. The van der Waals surface area contributed by atoms with Crippen LogP contribution in [0.3, 0.4) is 0 Å². The highest BCUT2D eigenvalue weighted by molar-refractivity contribution is 7.92. The van der Waals surface area contributed by atoms with Crippen molar-refractivity contribution < 1.29 is 54.2 Å². The molecule has 1 aliphatic rings. The highest BCUT2D eigenvalue weighted by Gasteiger charge is 2.48. The molecule has 230 valence electrons. The van der Waals surface area contributed by atoms with Crippen LogP contribution in [-0.4, -0.2) is 60.8 Å². The van der Waals surface area contributed by atoms with Gasteiger partial charge in [-0.3, -0.25) is 15.2 Å². The number of fused-ring (bicyclic) bond motifs is 1. The van der Waals surface area contributed by atoms with Gasteiger partial charge in [0.2, 0.25) is 0 Å². The van der Waals surface area contributed by atoms with Crippen LogP contribution < -0.4 is 19.8 Å². The van der Waals surface area contributed by atoms with Gasteiger partial charge in [-0.1, -0.05) is 18.2 Å². The van der Waals surface area contributed by atoms with Gasteiger partial charge in [0.15, 0.2) is 0 Å². The lowest BCUT2D eigenvalue weighted by atomic mass is 10.2. The summed E-state index contributed by atoms with van der Waals surface area (Å²) in [5.74, 6) is -3.42. The van der Waals surface area contributed by atoms with Gasteiger partial charge in [0, 0.05) is 43.2 Å². The average molecular weight is 655 g/mol. The van der Waals surface area contributed by atoms with E-state index in [1.807, 2.05) is 0 Å². The summed E-state index contributed by atoms with van der Waals surface area (Å²) in [6.45, 7) is 0. The van der Waals surface area contributed by atoms with Gasteiger partial charge in [0.1, 0.15) is 29.2 Å². The lowest BCUT2D eigenvalue weighted by molar-refractivity contribution is -0.192. The Morgan fingerprint density at radius 1 is 1.05 bits per heavy atom. The first-order valence-electron chi connectivity index (χ1n) is 11.2. The predicted octanol–water partition coefficient (Wildman–Crippen LogP) is 5.04. The number of hydrazine groups is 1. The first kappa shape index (κ1) is 32.7. The van der Waals surface area contributed by atoms with Crippen LogP contribution in [0, 0.1) is 0 Å². The Balaban J connectivity index is 0.000000646. The van der Waals surface area contributed by atoms with Crippen LogP contribution in [-0.2, 0) is 14.8 Å². The standard InChI is InChI=1S/C21H16ClF3N6O4S.C2HF3O2/c1-26-20(32)17-9-13(7-8-27-17)35-14-10-16-19(28-12-30(22)29-16)18(11-14)31(21(23,24)25)36(33,34)15-5-3-2-4-6-15;3-2(4,5)1(6)7/h2-12,29H,1H3,(H,26,32);(H,6,7). The number of nitrogens with zero attached hydrogens (tertiary/aromatic N) is 4. The van der Waals surface area contributed by atoms with Gasteiger partial charge in [-0.25, -0.2) is 18.2 Å². The number of amides is 1. The molecule has 2 aromatic carbocycles. The molecule has 0 bridgehead atoms. The van der Waals surface area contributed by atoms with E-state index in [9.17, 15) is 39.6 Å². The van der Waals surface area contributed by atoms with E-state index in [1.54, 1.807) is 0 Å². The second-order valence-electron chi connectivity index (χ2n) is 7.92. The summed E-state index contributed by atoms with van der Waals surface area (Å²) in [7, 11) is -3.73. The summed E-state index contributed by atoms with van der Waals surface area (Å²) in [5.41, 5.74) is 1.30. The monoisotopic (exact) mass is 654 g/mol. The van der Waals surface area contributed by atoms with Gasteiger partial charge in [-0.05, 0) is 18.2 Å². The molecule has 20 heteroatoms. The van der Waals surface area contributed by atoms with Crippen molar-refractivity contribution in [1.82, 2.24) is 14.8 Å². The van der Waals surface area contributed by atoms with Crippen molar-refractivity contribution in [2.45, 2.75) is 17.4 Å². The number of ether oxygens (including phenoxy) is 1. The third-order valence-corrected chi connectivity index (χ3v) is 6.90. The number of halogens is 7. The zero-order chi connectivity index (χ0) is 32.2.